The summed E-state index contributed by atoms with van der Waals surface area (Å²) in [6, 6.07) is 1.19. The number of allylic oxidation sites excluding steroid dienone is 3. The summed E-state index contributed by atoms with van der Waals surface area (Å²) in [4.78, 5) is 17.0. The molecule has 4 aliphatic carbocycles. The van der Waals surface area contributed by atoms with E-state index in [1.807, 2.05) is 11.0 Å². The molecular formula is C26H37FN3O3+. The molecule has 2 saturated heterocycles. The SMILES string of the molecule is CC(=O)N(C1=CCC(F)C=C1)C1CCN(C2CC3CCC4[N+](=C(O)OC5CCC5)C34C2)CC1. The number of hydrogen-bond acceptors (Lipinski definition) is 3. The molecule has 7 heteroatoms. The van der Waals surface area contributed by atoms with Gasteiger partial charge < -0.3 is 14.7 Å². The number of ether oxygens (including phenoxy) is 1. The first kappa shape index (κ1) is 21.6. The third-order valence-electron chi connectivity index (χ3n) is 9.44. The predicted molar refractivity (Wildman–Crippen MR) is 123 cm³/mol. The summed E-state index contributed by atoms with van der Waals surface area (Å²) >= 11 is 0. The van der Waals surface area contributed by atoms with Crippen molar-refractivity contribution >= 4 is 12.0 Å². The molecular weight excluding hydrogens is 421 g/mol. The molecule has 5 unspecified atom stereocenters. The lowest BCUT2D eigenvalue weighted by molar-refractivity contribution is -0.446. The summed E-state index contributed by atoms with van der Waals surface area (Å²) in [6.07, 6.45) is 15.0. The fraction of sp³-hybridized carbons (Fsp3) is 0.769. The Balaban J connectivity index is 1.09. The number of aliphatic hydroxyl groups is 1. The number of piperidine rings is 2. The van der Waals surface area contributed by atoms with Crippen molar-refractivity contribution in [3.63, 3.8) is 0 Å². The molecule has 0 aromatic carbocycles. The lowest BCUT2D eigenvalue weighted by Crippen LogP contribution is -2.48. The van der Waals surface area contributed by atoms with Gasteiger partial charge in [0, 0.05) is 63.0 Å². The standard InChI is InChI=1S/C26H36FN3O3/c1-17(31)29(20-8-6-19(27)7-9-20)21-11-13-28(14-12-21)22-15-18-5-10-24-26(18,16-22)30(24)25(32)33-23-3-2-4-23/h6,8-9,18-19,21-24H,2-5,7,10-16H2,1H3/p+1. The van der Waals surface area contributed by atoms with Gasteiger partial charge in [-0.05, 0) is 57.1 Å². The Morgan fingerprint density at radius 3 is 2.67 bits per heavy atom. The highest BCUT2D eigenvalue weighted by Crippen LogP contribution is 2.62. The van der Waals surface area contributed by atoms with Crippen molar-refractivity contribution in [1.29, 1.82) is 0 Å². The number of amides is 1. The van der Waals surface area contributed by atoms with Crippen molar-refractivity contribution in [2.24, 2.45) is 5.92 Å². The molecule has 33 heavy (non-hydrogen) atoms. The van der Waals surface area contributed by atoms with Gasteiger partial charge in [-0.25, -0.2) is 4.39 Å². The summed E-state index contributed by atoms with van der Waals surface area (Å²) < 4.78 is 21.6. The number of aliphatic hydroxyl groups excluding tert-OH is 1. The van der Waals surface area contributed by atoms with Gasteiger partial charge in [0.15, 0.2) is 0 Å². The van der Waals surface area contributed by atoms with Crippen molar-refractivity contribution < 1.29 is 23.6 Å². The average Bonchev–Trinajstić information content (AvgIpc) is 3.05. The van der Waals surface area contributed by atoms with Crippen LogP contribution in [0.1, 0.15) is 71.1 Å². The van der Waals surface area contributed by atoms with Gasteiger partial charge in [-0.15, -0.1) is 4.58 Å². The van der Waals surface area contributed by atoms with Crippen molar-refractivity contribution in [3.05, 3.63) is 23.9 Å². The number of nitrogens with zero attached hydrogens (tertiary/aromatic N) is 3. The Bertz CT molecular complexity index is 904. The number of alkyl halides is 1. The van der Waals surface area contributed by atoms with E-state index in [1.54, 1.807) is 19.1 Å². The lowest BCUT2D eigenvalue weighted by Gasteiger charge is -2.41. The monoisotopic (exact) mass is 458 g/mol. The molecule has 2 aliphatic heterocycles. The van der Waals surface area contributed by atoms with Crippen LogP contribution in [-0.4, -0.2) is 80.5 Å². The highest BCUT2D eigenvalue weighted by atomic mass is 19.1. The molecule has 0 aromatic rings. The molecule has 180 valence electrons. The van der Waals surface area contributed by atoms with E-state index in [0.29, 0.717) is 24.4 Å². The Kier molecular flexibility index (Phi) is 5.31. The second-order valence-corrected chi connectivity index (χ2v) is 11.1. The molecule has 6 rings (SSSR count). The van der Waals surface area contributed by atoms with Crippen molar-refractivity contribution in [1.82, 2.24) is 9.80 Å². The molecule has 0 radical (unpaired) electrons. The maximum Gasteiger partial charge on any atom is 0.548 e. The molecule has 5 fully saturated rings. The molecule has 1 amide bonds. The Labute approximate surface area is 195 Å². The summed E-state index contributed by atoms with van der Waals surface area (Å²) in [5, 5.41) is 10.7. The third kappa shape index (κ3) is 3.53. The van der Waals surface area contributed by atoms with E-state index in [9.17, 15) is 14.3 Å². The normalized spacial score (nSPS) is 40.0. The van der Waals surface area contributed by atoms with Crippen LogP contribution in [0.3, 0.4) is 0 Å². The number of carbonyl (C=O) groups is 1. The van der Waals surface area contributed by atoms with Gasteiger partial charge in [-0.3, -0.25) is 9.69 Å². The smallest absolute Gasteiger partial charge is 0.430 e. The highest BCUT2D eigenvalue weighted by molar-refractivity contribution is 5.76. The Morgan fingerprint density at radius 1 is 1.24 bits per heavy atom. The van der Waals surface area contributed by atoms with E-state index in [0.717, 1.165) is 50.9 Å². The van der Waals surface area contributed by atoms with Crippen LogP contribution >= 0.6 is 0 Å². The molecule has 2 heterocycles. The van der Waals surface area contributed by atoms with Gasteiger partial charge in [0.1, 0.15) is 12.3 Å². The van der Waals surface area contributed by atoms with Crippen LogP contribution in [0, 0.1) is 5.92 Å². The Morgan fingerprint density at radius 2 is 2.03 bits per heavy atom. The zero-order valence-corrected chi connectivity index (χ0v) is 19.7. The van der Waals surface area contributed by atoms with Crippen molar-refractivity contribution in [3.8, 4) is 0 Å². The van der Waals surface area contributed by atoms with Gasteiger partial charge in [-0.2, -0.15) is 0 Å². The molecule has 1 N–H and O–H groups in total. The number of rotatable bonds is 4. The molecule has 3 saturated carbocycles. The minimum atomic E-state index is -0.938. The van der Waals surface area contributed by atoms with Crippen LogP contribution in [0.25, 0.3) is 0 Å². The fourth-order valence-electron chi connectivity index (χ4n) is 7.58. The summed E-state index contributed by atoms with van der Waals surface area (Å²) in [7, 11) is 0. The van der Waals surface area contributed by atoms with Gasteiger partial charge in [-0.1, -0.05) is 6.08 Å². The molecule has 6 aliphatic rings. The number of hydrogen-bond donors (Lipinski definition) is 1. The number of carbonyl (C=O) groups excluding carboxylic acids is 1. The van der Waals surface area contributed by atoms with Crippen LogP contribution in [-0.2, 0) is 9.53 Å². The lowest BCUT2D eigenvalue weighted by atomic mass is 9.96. The zero-order chi connectivity index (χ0) is 22.7. The van der Waals surface area contributed by atoms with E-state index >= 15 is 0 Å². The quantitative estimate of drug-likeness (QED) is 0.397. The maximum absolute atomic E-state index is 13.5. The minimum absolute atomic E-state index is 0.0462. The largest absolute Gasteiger partial charge is 0.548 e. The maximum atomic E-state index is 13.5. The van der Waals surface area contributed by atoms with E-state index in [2.05, 4.69) is 9.48 Å². The van der Waals surface area contributed by atoms with Gasteiger partial charge in [0.2, 0.25) is 17.5 Å². The molecule has 0 bridgehead atoms. The van der Waals surface area contributed by atoms with Gasteiger partial charge in [0.05, 0.1) is 0 Å². The van der Waals surface area contributed by atoms with Crippen LogP contribution in [0.4, 0.5) is 4.39 Å². The molecule has 6 nitrogen and oxygen atoms in total. The first-order valence-electron chi connectivity index (χ1n) is 13.1. The van der Waals surface area contributed by atoms with Crippen LogP contribution in [0.5, 0.6) is 0 Å². The minimum Gasteiger partial charge on any atom is -0.430 e. The zero-order valence-electron chi connectivity index (χ0n) is 19.7. The number of halogens is 1. The first-order valence-corrected chi connectivity index (χ1v) is 13.1. The summed E-state index contributed by atoms with van der Waals surface area (Å²) in [6.45, 7) is 3.60. The molecule has 5 atom stereocenters. The summed E-state index contributed by atoms with van der Waals surface area (Å²) in [5.74, 6) is 0.696. The van der Waals surface area contributed by atoms with Crippen molar-refractivity contribution in [2.45, 2.75) is 107 Å². The van der Waals surface area contributed by atoms with Gasteiger partial charge >= 0.3 is 6.08 Å². The van der Waals surface area contributed by atoms with E-state index in [1.165, 1.54) is 25.7 Å². The van der Waals surface area contributed by atoms with Crippen LogP contribution < -0.4 is 0 Å². The highest BCUT2D eigenvalue weighted by Gasteiger charge is 2.83. The van der Waals surface area contributed by atoms with E-state index in [4.69, 9.17) is 4.74 Å². The Hall–Kier alpha value is -1.89. The second-order valence-electron chi connectivity index (χ2n) is 11.1. The number of likely N-dealkylation sites (tertiary alicyclic amines) is 1. The van der Waals surface area contributed by atoms with E-state index in [-0.39, 0.29) is 29.7 Å². The van der Waals surface area contributed by atoms with Gasteiger partial charge in [0.25, 0.3) is 0 Å². The predicted octanol–water partition coefficient (Wildman–Crippen LogP) is 3.67. The van der Waals surface area contributed by atoms with Crippen molar-refractivity contribution in [2.75, 3.05) is 13.1 Å². The summed E-state index contributed by atoms with van der Waals surface area (Å²) in [5.41, 5.74) is 0.986. The fourth-order valence-corrected chi connectivity index (χ4v) is 7.58. The topological polar surface area (TPSA) is 56.0 Å². The van der Waals surface area contributed by atoms with Crippen LogP contribution in [0.15, 0.2) is 23.9 Å². The van der Waals surface area contributed by atoms with Crippen LogP contribution in [0.2, 0.25) is 0 Å². The third-order valence-corrected chi connectivity index (χ3v) is 9.44. The molecule has 0 aromatic heterocycles. The first-order chi connectivity index (χ1) is 16.0. The molecule has 1 spiro atoms. The average molecular weight is 459 g/mol. The van der Waals surface area contributed by atoms with E-state index < -0.39 is 6.17 Å². The second kappa shape index (κ2) is 8.10.